The van der Waals surface area contributed by atoms with Gasteiger partial charge in [-0.15, -0.1) is 0 Å². The lowest BCUT2D eigenvalue weighted by Crippen LogP contribution is -2.44. The molecule has 1 aromatic carbocycles. The number of sulfonamides is 1. The van der Waals surface area contributed by atoms with Gasteiger partial charge in [-0.2, -0.15) is 0 Å². The van der Waals surface area contributed by atoms with Gasteiger partial charge >= 0.3 is 0 Å². The highest BCUT2D eigenvalue weighted by molar-refractivity contribution is 7.88. The predicted molar refractivity (Wildman–Crippen MR) is 108 cm³/mol. The number of hydrogen-bond acceptors (Lipinski definition) is 3. The number of benzene rings is 1. The maximum absolute atomic E-state index is 14.0. The van der Waals surface area contributed by atoms with Crippen molar-refractivity contribution in [1.82, 2.24) is 9.62 Å². The van der Waals surface area contributed by atoms with E-state index in [1.807, 2.05) is 0 Å². The number of piperidine rings is 1. The number of likely N-dealkylation sites (tertiary alicyclic amines) is 1. The van der Waals surface area contributed by atoms with Crippen molar-refractivity contribution < 1.29 is 12.8 Å². The lowest BCUT2D eigenvalue weighted by molar-refractivity contribution is 0.129. The van der Waals surface area contributed by atoms with Crippen molar-refractivity contribution in [2.24, 2.45) is 17.8 Å². The number of rotatable bonds is 4. The van der Waals surface area contributed by atoms with Gasteiger partial charge in [-0.3, -0.25) is 0 Å². The van der Waals surface area contributed by atoms with Gasteiger partial charge < -0.3 is 4.90 Å². The number of nitrogens with one attached hydrogen (secondary N) is 1. The Morgan fingerprint density at radius 3 is 2.64 bits per heavy atom. The summed E-state index contributed by atoms with van der Waals surface area (Å²) in [6.07, 6.45) is 11.4. The molecule has 1 spiro atoms. The van der Waals surface area contributed by atoms with Gasteiger partial charge in [0.15, 0.2) is 0 Å². The van der Waals surface area contributed by atoms with Crippen LogP contribution in [0.5, 0.6) is 0 Å². The molecule has 28 heavy (non-hydrogen) atoms. The van der Waals surface area contributed by atoms with Crippen LogP contribution in [0.1, 0.15) is 49.3 Å². The molecule has 0 aromatic heterocycles. The molecule has 4 aliphatic rings. The Morgan fingerprint density at radius 1 is 1.21 bits per heavy atom. The number of hydrogen-bond donors (Lipinski definition) is 1. The third-order valence-corrected chi connectivity index (χ3v) is 8.35. The standard InChI is InChI=1S/C22H29FN2O2S/c1-28(26,27)24-21-13-22(20-12-18(23)4-5-19(20)21)6-8-25(9-7-22)14-17-11-15-2-3-16(17)10-15/h2-5,12,15-17,21,24H,6-11,13-14H2,1H3/t15-,16-,17+,21-/m0/s1. The minimum Gasteiger partial charge on any atom is -0.303 e. The monoisotopic (exact) mass is 404 g/mol. The molecule has 0 amide bonds. The molecule has 1 saturated heterocycles. The molecule has 2 fully saturated rings. The zero-order chi connectivity index (χ0) is 19.5. The molecule has 1 N–H and O–H groups in total. The van der Waals surface area contributed by atoms with Crippen LogP contribution in [0.25, 0.3) is 0 Å². The number of fused-ring (bicyclic) bond motifs is 4. The van der Waals surface area contributed by atoms with Crippen LogP contribution in [-0.2, 0) is 15.4 Å². The second-order valence-corrected chi connectivity index (χ2v) is 11.3. The Morgan fingerprint density at radius 2 is 2.00 bits per heavy atom. The Kier molecular flexibility index (Phi) is 4.45. The van der Waals surface area contributed by atoms with Crippen molar-refractivity contribution in [2.45, 2.75) is 43.6 Å². The zero-order valence-electron chi connectivity index (χ0n) is 16.4. The van der Waals surface area contributed by atoms with E-state index in [-0.39, 0.29) is 17.3 Å². The van der Waals surface area contributed by atoms with Crippen molar-refractivity contribution in [3.63, 3.8) is 0 Å². The van der Waals surface area contributed by atoms with Crippen molar-refractivity contribution in [2.75, 3.05) is 25.9 Å². The Labute approximate surface area is 167 Å². The molecule has 1 heterocycles. The highest BCUT2D eigenvalue weighted by atomic mass is 32.2. The van der Waals surface area contributed by atoms with E-state index in [0.717, 1.165) is 61.2 Å². The summed E-state index contributed by atoms with van der Waals surface area (Å²) in [7, 11) is -3.31. The molecule has 6 heteroatoms. The van der Waals surface area contributed by atoms with Gasteiger partial charge in [-0.05, 0) is 86.2 Å². The highest BCUT2D eigenvalue weighted by Gasteiger charge is 2.47. The van der Waals surface area contributed by atoms with Gasteiger partial charge in [0.25, 0.3) is 0 Å². The second-order valence-electron chi connectivity index (χ2n) is 9.50. The fourth-order valence-corrected chi connectivity index (χ4v) is 7.07. The third kappa shape index (κ3) is 3.33. The van der Waals surface area contributed by atoms with Crippen molar-refractivity contribution in [1.29, 1.82) is 0 Å². The largest absolute Gasteiger partial charge is 0.303 e. The van der Waals surface area contributed by atoms with E-state index in [1.165, 1.54) is 31.7 Å². The van der Waals surface area contributed by atoms with E-state index in [9.17, 15) is 12.8 Å². The lowest BCUT2D eigenvalue weighted by atomic mass is 9.73. The molecule has 0 unspecified atom stereocenters. The highest BCUT2D eigenvalue weighted by Crippen LogP contribution is 2.51. The molecule has 5 rings (SSSR count). The van der Waals surface area contributed by atoms with Crippen LogP contribution >= 0.6 is 0 Å². The first-order chi connectivity index (χ1) is 13.3. The van der Waals surface area contributed by atoms with Gasteiger partial charge in [-0.1, -0.05) is 18.2 Å². The van der Waals surface area contributed by atoms with Crippen LogP contribution in [0.15, 0.2) is 30.4 Å². The molecule has 152 valence electrons. The van der Waals surface area contributed by atoms with Crippen LogP contribution in [-0.4, -0.2) is 39.2 Å². The van der Waals surface area contributed by atoms with Gasteiger partial charge in [0.1, 0.15) is 5.82 Å². The Hall–Kier alpha value is -1.24. The minimum absolute atomic E-state index is 0.106. The van der Waals surface area contributed by atoms with E-state index < -0.39 is 10.0 Å². The quantitative estimate of drug-likeness (QED) is 0.783. The van der Waals surface area contributed by atoms with Crippen LogP contribution in [0.2, 0.25) is 0 Å². The van der Waals surface area contributed by atoms with Crippen LogP contribution < -0.4 is 4.72 Å². The van der Waals surface area contributed by atoms with Gasteiger partial charge in [-0.25, -0.2) is 17.5 Å². The summed E-state index contributed by atoms with van der Waals surface area (Å²) in [5.74, 6) is 2.13. The van der Waals surface area contributed by atoms with Crippen LogP contribution in [0.4, 0.5) is 4.39 Å². The molecule has 4 nitrogen and oxygen atoms in total. The maximum atomic E-state index is 14.0. The summed E-state index contributed by atoms with van der Waals surface area (Å²) in [6, 6.07) is 4.63. The summed E-state index contributed by atoms with van der Waals surface area (Å²) < 4.78 is 40.5. The lowest BCUT2D eigenvalue weighted by Gasteiger charge is -2.41. The topological polar surface area (TPSA) is 49.4 Å². The predicted octanol–water partition coefficient (Wildman–Crippen LogP) is 3.37. The zero-order valence-corrected chi connectivity index (χ0v) is 17.2. The average Bonchev–Trinajstić information content (AvgIpc) is 3.31. The summed E-state index contributed by atoms with van der Waals surface area (Å²) in [5.41, 5.74) is 1.87. The SMILES string of the molecule is CS(=O)(=O)N[C@H]1CC2(CCN(C[C@H]3C[C@H]4C=C[C@H]3C4)CC2)c2cc(F)ccc21. The molecule has 4 atom stereocenters. The second kappa shape index (κ2) is 6.64. The van der Waals surface area contributed by atoms with Crippen LogP contribution in [0.3, 0.4) is 0 Å². The molecule has 1 aliphatic heterocycles. The number of allylic oxidation sites excluding steroid dienone is 2. The molecule has 3 aliphatic carbocycles. The number of nitrogens with zero attached hydrogens (tertiary/aromatic N) is 1. The summed E-state index contributed by atoms with van der Waals surface area (Å²) >= 11 is 0. The fourth-order valence-electron chi connectivity index (χ4n) is 6.34. The smallest absolute Gasteiger partial charge is 0.209 e. The summed E-state index contributed by atoms with van der Waals surface area (Å²) in [5, 5.41) is 0. The minimum atomic E-state index is -3.31. The Balaban J connectivity index is 1.32. The summed E-state index contributed by atoms with van der Waals surface area (Å²) in [6.45, 7) is 3.20. The molecule has 1 saturated carbocycles. The van der Waals surface area contributed by atoms with Crippen molar-refractivity contribution in [3.8, 4) is 0 Å². The van der Waals surface area contributed by atoms with Crippen molar-refractivity contribution in [3.05, 3.63) is 47.3 Å². The summed E-state index contributed by atoms with van der Waals surface area (Å²) in [4.78, 5) is 2.58. The fraction of sp³-hybridized carbons (Fsp3) is 0.636. The van der Waals surface area contributed by atoms with E-state index >= 15 is 0 Å². The third-order valence-electron chi connectivity index (χ3n) is 7.64. The first-order valence-corrected chi connectivity index (χ1v) is 12.4. The average molecular weight is 405 g/mol. The van der Waals surface area contributed by atoms with Crippen LogP contribution in [0, 0.1) is 23.6 Å². The first kappa shape index (κ1) is 18.8. The molecule has 2 bridgehead atoms. The molecule has 1 aromatic rings. The van der Waals surface area contributed by atoms with Gasteiger partial charge in [0.2, 0.25) is 10.0 Å². The van der Waals surface area contributed by atoms with E-state index in [0.29, 0.717) is 0 Å². The van der Waals surface area contributed by atoms with E-state index in [2.05, 4.69) is 21.8 Å². The molecular weight excluding hydrogens is 375 g/mol. The molecule has 0 radical (unpaired) electrons. The van der Waals surface area contributed by atoms with Gasteiger partial charge in [0.05, 0.1) is 6.26 Å². The van der Waals surface area contributed by atoms with Crippen molar-refractivity contribution >= 4 is 10.0 Å². The first-order valence-electron chi connectivity index (χ1n) is 10.5. The van der Waals surface area contributed by atoms with E-state index in [4.69, 9.17) is 0 Å². The maximum Gasteiger partial charge on any atom is 0.209 e. The van der Waals surface area contributed by atoms with Gasteiger partial charge in [0, 0.05) is 18.0 Å². The normalized spacial score (nSPS) is 33.6. The van der Waals surface area contributed by atoms with E-state index in [1.54, 1.807) is 12.1 Å². The number of halogens is 1. The Bertz CT molecular complexity index is 905. The molecular formula is C22H29FN2O2S.